The minimum atomic E-state index is 0.810. The number of hydrogen-bond acceptors (Lipinski definition) is 3. The quantitative estimate of drug-likeness (QED) is 0.792. The van der Waals surface area contributed by atoms with E-state index in [1.54, 1.807) is 13.4 Å². The van der Waals surface area contributed by atoms with Crippen molar-refractivity contribution in [2.45, 2.75) is 26.3 Å². The fourth-order valence-electron chi connectivity index (χ4n) is 1.77. The molecule has 0 aliphatic carbocycles. The van der Waals surface area contributed by atoms with Crippen LogP contribution in [-0.2, 0) is 13.0 Å². The first-order chi connectivity index (χ1) is 8.33. The summed E-state index contributed by atoms with van der Waals surface area (Å²) >= 11 is 0. The van der Waals surface area contributed by atoms with Crippen LogP contribution in [0.5, 0.6) is 5.75 Å². The Hall–Kier alpha value is -1.84. The molecule has 0 aliphatic heterocycles. The Balaban J connectivity index is 2.10. The highest BCUT2D eigenvalue weighted by atomic mass is 16.5. The second-order valence-corrected chi connectivity index (χ2v) is 3.97. The van der Waals surface area contributed by atoms with E-state index >= 15 is 0 Å². The van der Waals surface area contributed by atoms with Crippen LogP contribution in [0.1, 0.15) is 24.7 Å². The van der Waals surface area contributed by atoms with Crippen LogP contribution in [-0.4, -0.2) is 21.9 Å². The number of aromatic nitrogens is 3. The topological polar surface area (TPSA) is 39.9 Å². The number of nitrogens with zero attached hydrogens (tertiary/aromatic N) is 3. The first-order valence-electron chi connectivity index (χ1n) is 5.83. The highest BCUT2D eigenvalue weighted by Gasteiger charge is 2.04. The number of aryl methyl sites for hydroxylation is 1. The van der Waals surface area contributed by atoms with Crippen LogP contribution < -0.4 is 4.74 Å². The zero-order valence-corrected chi connectivity index (χ0v) is 10.3. The molecular weight excluding hydrogens is 214 g/mol. The second-order valence-electron chi connectivity index (χ2n) is 3.97. The fraction of sp³-hybridized carbons (Fsp3) is 0.385. The predicted octanol–water partition coefficient (Wildman–Crippen LogP) is 2.29. The van der Waals surface area contributed by atoms with Crippen LogP contribution in [0.15, 0.2) is 30.6 Å². The summed E-state index contributed by atoms with van der Waals surface area (Å²) in [4.78, 5) is 0. The van der Waals surface area contributed by atoms with Crippen LogP contribution in [0.4, 0.5) is 0 Å². The summed E-state index contributed by atoms with van der Waals surface area (Å²) in [7, 11) is 1.67. The molecule has 0 bridgehead atoms. The fourth-order valence-corrected chi connectivity index (χ4v) is 1.77. The molecule has 0 N–H and O–H groups in total. The van der Waals surface area contributed by atoms with Crippen LogP contribution in [0, 0.1) is 0 Å². The Labute approximate surface area is 101 Å². The van der Waals surface area contributed by atoms with Crippen molar-refractivity contribution in [3.8, 4) is 5.75 Å². The molecule has 17 heavy (non-hydrogen) atoms. The summed E-state index contributed by atoms with van der Waals surface area (Å²) in [6.07, 6.45) is 3.69. The van der Waals surface area contributed by atoms with Crippen molar-refractivity contribution in [3.63, 3.8) is 0 Å². The number of ether oxygens (including phenoxy) is 1. The van der Waals surface area contributed by atoms with Crippen molar-refractivity contribution in [2.75, 3.05) is 7.11 Å². The smallest absolute Gasteiger partial charge is 0.137 e. The van der Waals surface area contributed by atoms with E-state index in [0.717, 1.165) is 31.0 Å². The van der Waals surface area contributed by atoms with Crippen LogP contribution in [0.3, 0.4) is 0 Å². The molecule has 1 aromatic heterocycles. The largest absolute Gasteiger partial charge is 0.497 e. The molecule has 1 aromatic carbocycles. The molecule has 0 radical (unpaired) electrons. The van der Waals surface area contributed by atoms with E-state index in [4.69, 9.17) is 4.74 Å². The molecule has 0 fully saturated rings. The molecule has 0 atom stereocenters. The van der Waals surface area contributed by atoms with Crippen molar-refractivity contribution < 1.29 is 4.74 Å². The lowest BCUT2D eigenvalue weighted by Crippen LogP contribution is -2.03. The lowest BCUT2D eigenvalue weighted by molar-refractivity contribution is 0.414. The Kier molecular flexibility index (Phi) is 3.75. The van der Waals surface area contributed by atoms with Gasteiger partial charge in [-0.2, -0.15) is 0 Å². The maximum atomic E-state index is 5.13. The normalized spacial score (nSPS) is 10.5. The van der Waals surface area contributed by atoms with Gasteiger partial charge in [0.25, 0.3) is 0 Å². The maximum absolute atomic E-state index is 5.13. The lowest BCUT2D eigenvalue weighted by Gasteiger charge is -2.05. The number of hydrogen-bond donors (Lipinski definition) is 0. The molecule has 4 heteroatoms. The van der Waals surface area contributed by atoms with Gasteiger partial charge in [-0.15, -0.1) is 10.2 Å². The Morgan fingerprint density at radius 2 is 2.00 bits per heavy atom. The van der Waals surface area contributed by atoms with Gasteiger partial charge in [0, 0.05) is 13.0 Å². The Bertz CT molecular complexity index is 462. The first-order valence-corrected chi connectivity index (χ1v) is 5.83. The summed E-state index contributed by atoms with van der Waals surface area (Å²) in [6.45, 7) is 3.12. The maximum Gasteiger partial charge on any atom is 0.137 e. The molecular formula is C13H17N3O. The van der Waals surface area contributed by atoms with Gasteiger partial charge in [-0.25, -0.2) is 0 Å². The zero-order valence-electron chi connectivity index (χ0n) is 10.3. The summed E-state index contributed by atoms with van der Waals surface area (Å²) in [5, 5.41) is 8.11. The monoisotopic (exact) mass is 231 g/mol. The molecule has 0 amide bonds. The van der Waals surface area contributed by atoms with Crippen molar-refractivity contribution in [3.05, 3.63) is 42.0 Å². The molecule has 0 spiro atoms. The van der Waals surface area contributed by atoms with E-state index < -0.39 is 0 Å². The minimum absolute atomic E-state index is 0.810. The van der Waals surface area contributed by atoms with Gasteiger partial charge >= 0.3 is 0 Å². The molecule has 0 aliphatic rings. The van der Waals surface area contributed by atoms with Crippen molar-refractivity contribution in [2.24, 2.45) is 0 Å². The highest BCUT2D eigenvalue weighted by molar-refractivity contribution is 5.28. The van der Waals surface area contributed by atoms with Crippen LogP contribution in [0.25, 0.3) is 0 Å². The number of benzene rings is 1. The van der Waals surface area contributed by atoms with Crippen molar-refractivity contribution in [1.82, 2.24) is 14.8 Å². The molecule has 0 unspecified atom stereocenters. The van der Waals surface area contributed by atoms with Gasteiger partial charge < -0.3 is 9.30 Å². The summed E-state index contributed by atoms with van der Waals surface area (Å²) in [5.41, 5.74) is 1.22. The molecule has 0 saturated carbocycles. The van der Waals surface area contributed by atoms with Gasteiger partial charge in [0.1, 0.15) is 17.9 Å². The molecule has 1 heterocycles. The third-order valence-electron chi connectivity index (χ3n) is 2.68. The third-order valence-corrected chi connectivity index (χ3v) is 2.68. The van der Waals surface area contributed by atoms with Crippen molar-refractivity contribution >= 4 is 0 Å². The zero-order chi connectivity index (χ0) is 12.1. The van der Waals surface area contributed by atoms with E-state index in [9.17, 15) is 0 Å². The van der Waals surface area contributed by atoms with Gasteiger partial charge in [0.05, 0.1) is 7.11 Å². The van der Waals surface area contributed by atoms with E-state index in [0.29, 0.717) is 0 Å². The van der Waals surface area contributed by atoms with E-state index in [1.165, 1.54) is 5.56 Å². The number of rotatable bonds is 5. The summed E-state index contributed by atoms with van der Waals surface area (Å²) in [6, 6.07) is 8.05. The van der Waals surface area contributed by atoms with Gasteiger partial charge in [0.15, 0.2) is 0 Å². The summed E-state index contributed by atoms with van der Waals surface area (Å²) < 4.78 is 7.23. The highest BCUT2D eigenvalue weighted by Crippen LogP contribution is 2.14. The van der Waals surface area contributed by atoms with Gasteiger partial charge in [-0.05, 0) is 24.1 Å². The first kappa shape index (κ1) is 11.6. The Morgan fingerprint density at radius 3 is 2.65 bits per heavy atom. The average molecular weight is 231 g/mol. The Morgan fingerprint density at radius 1 is 1.24 bits per heavy atom. The van der Waals surface area contributed by atoms with Gasteiger partial charge in [-0.3, -0.25) is 0 Å². The van der Waals surface area contributed by atoms with Crippen molar-refractivity contribution in [1.29, 1.82) is 0 Å². The standard InChI is InChI=1S/C13H17N3O/c1-3-8-16-10-14-15-13(16)9-11-4-6-12(17-2)7-5-11/h4-7,10H,3,8-9H2,1-2H3. The van der Waals surface area contributed by atoms with Gasteiger partial charge in [-0.1, -0.05) is 19.1 Å². The molecule has 2 aromatic rings. The molecule has 2 rings (SSSR count). The van der Waals surface area contributed by atoms with Crippen LogP contribution in [0.2, 0.25) is 0 Å². The van der Waals surface area contributed by atoms with Gasteiger partial charge in [0.2, 0.25) is 0 Å². The summed E-state index contributed by atoms with van der Waals surface area (Å²) in [5.74, 6) is 1.89. The number of methoxy groups -OCH3 is 1. The molecule has 0 saturated heterocycles. The van der Waals surface area contributed by atoms with E-state index in [2.05, 4.69) is 33.8 Å². The SMILES string of the molecule is CCCn1cnnc1Cc1ccc(OC)cc1. The minimum Gasteiger partial charge on any atom is -0.497 e. The molecule has 90 valence electrons. The van der Waals surface area contributed by atoms with E-state index in [1.807, 2.05) is 12.1 Å². The van der Waals surface area contributed by atoms with Crippen LogP contribution >= 0.6 is 0 Å². The van der Waals surface area contributed by atoms with E-state index in [-0.39, 0.29) is 0 Å². The molecule has 4 nitrogen and oxygen atoms in total. The third kappa shape index (κ3) is 2.84. The predicted molar refractivity (Wildman–Crippen MR) is 66.1 cm³/mol. The lowest BCUT2D eigenvalue weighted by atomic mass is 10.1. The second kappa shape index (κ2) is 5.48. The average Bonchev–Trinajstić information content (AvgIpc) is 2.78.